The first-order chi connectivity index (χ1) is 9.18. The molecule has 0 aliphatic heterocycles. The number of rotatable bonds is 9. The summed E-state index contributed by atoms with van der Waals surface area (Å²) in [6.45, 7) is 1.77. The number of aliphatic hydroxyl groups is 1. The lowest BCUT2D eigenvalue weighted by Crippen LogP contribution is -2.16. The van der Waals surface area contributed by atoms with Crippen LogP contribution in [0.3, 0.4) is 0 Å². The summed E-state index contributed by atoms with van der Waals surface area (Å²) >= 11 is 0. The van der Waals surface area contributed by atoms with Crippen molar-refractivity contribution in [3.05, 3.63) is 35.9 Å². The van der Waals surface area contributed by atoms with Gasteiger partial charge in [0.2, 0.25) is 0 Å². The highest BCUT2D eigenvalue weighted by molar-refractivity contribution is 5.65. The predicted octanol–water partition coefficient (Wildman–Crippen LogP) is 2.30. The van der Waals surface area contributed by atoms with Gasteiger partial charge in [-0.2, -0.15) is 0 Å². The lowest BCUT2D eigenvalue weighted by molar-refractivity contribution is -0.149. The minimum absolute atomic E-state index is 0.191. The van der Waals surface area contributed by atoms with Gasteiger partial charge in [0.1, 0.15) is 6.61 Å². The van der Waals surface area contributed by atoms with Gasteiger partial charge in [0.15, 0.2) is 6.29 Å². The van der Waals surface area contributed by atoms with Crippen LogP contribution >= 0.6 is 0 Å². The molecule has 0 radical (unpaired) electrons. The van der Waals surface area contributed by atoms with Crippen molar-refractivity contribution in [1.29, 1.82) is 0 Å². The van der Waals surface area contributed by atoms with Crippen LogP contribution in [0.15, 0.2) is 30.3 Å². The van der Waals surface area contributed by atoms with Gasteiger partial charge in [-0.25, -0.2) is 0 Å². The quantitative estimate of drug-likeness (QED) is 0.423. The van der Waals surface area contributed by atoms with E-state index < -0.39 is 6.29 Å². The van der Waals surface area contributed by atoms with Crippen molar-refractivity contribution in [3.8, 4) is 0 Å². The largest absolute Gasteiger partial charge is 0.463 e. The number of ether oxygens (including phenoxy) is 2. The Kier molecular flexibility index (Phi) is 7.86. The molecule has 0 aromatic heterocycles. The molecule has 1 rings (SSSR count). The van der Waals surface area contributed by atoms with E-state index >= 15 is 0 Å². The third-order valence-corrected chi connectivity index (χ3v) is 2.71. The Morgan fingerprint density at radius 2 is 1.95 bits per heavy atom. The molecule has 0 heterocycles. The monoisotopic (exact) mass is 266 g/mol. The van der Waals surface area contributed by atoms with E-state index in [0.717, 1.165) is 19.3 Å². The second kappa shape index (κ2) is 9.53. The summed E-state index contributed by atoms with van der Waals surface area (Å²) in [5.74, 6) is -0.332. The fourth-order valence-corrected chi connectivity index (χ4v) is 1.75. The van der Waals surface area contributed by atoms with Crippen LogP contribution in [-0.2, 0) is 20.7 Å². The van der Waals surface area contributed by atoms with E-state index in [9.17, 15) is 9.90 Å². The number of esters is 1. The SMILES string of the molecule is CC(=O)OCCOC(O)CCCCc1ccccc1. The van der Waals surface area contributed by atoms with Crippen LogP contribution in [0, 0.1) is 0 Å². The molecular formula is C15H22O4. The molecule has 1 atom stereocenters. The summed E-state index contributed by atoms with van der Waals surface area (Å²) in [7, 11) is 0. The van der Waals surface area contributed by atoms with E-state index in [-0.39, 0.29) is 19.2 Å². The van der Waals surface area contributed by atoms with Crippen LogP contribution in [0.4, 0.5) is 0 Å². The van der Waals surface area contributed by atoms with E-state index in [4.69, 9.17) is 9.47 Å². The van der Waals surface area contributed by atoms with Gasteiger partial charge >= 0.3 is 5.97 Å². The van der Waals surface area contributed by atoms with E-state index in [0.29, 0.717) is 6.42 Å². The van der Waals surface area contributed by atoms with Crippen molar-refractivity contribution in [2.24, 2.45) is 0 Å². The van der Waals surface area contributed by atoms with Crippen LogP contribution in [0.5, 0.6) is 0 Å². The molecule has 0 saturated carbocycles. The predicted molar refractivity (Wildman–Crippen MR) is 72.6 cm³/mol. The smallest absolute Gasteiger partial charge is 0.302 e. The van der Waals surface area contributed by atoms with E-state index in [2.05, 4.69) is 12.1 Å². The third-order valence-electron chi connectivity index (χ3n) is 2.71. The van der Waals surface area contributed by atoms with Crippen molar-refractivity contribution in [1.82, 2.24) is 0 Å². The first-order valence-corrected chi connectivity index (χ1v) is 6.65. The van der Waals surface area contributed by atoms with E-state index in [1.165, 1.54) is 12.5 Å². The zero-order chi connectivity index (χ0) is 13.9. The van der Waals surface area contributed by atoms with Crippen LogP contribution < -0.4 is 0 Å². The van der Waals surface area contributed by atoms with Crippen LogP contribution in [-0.4, -0.2) is 30.6 Å². The Morgan fingerprint density at radius 3 is 2.63 bits per heavy atom. The minimum atomic E-state index is -0.772. The van der Waals surface area contributed by atoms with Crippen molar-refractivity contribution < 1.29 is 19.4 Å². The summed E-state index contributed by atoms with van der Waals surface area (Å²) in [6, 6.07) is 10.3. The normalized spacial score (nSPS) is 12.1. The summed E-state index contributed by atoms with van der Waals surface area (Å²) < 4.78 is 9.82. The molecule has 0 amide bonds. The molecule has 1 unspecified atom stereocenters. The number of benzene rings is 1. The highest BCUT2D eigenvalue weighted by Gasteiger charge is 2.04. The number of unbranched alkanes of at least 4 members (excludes halogenated alkanes) is 1. The molecule has 19 heavy (non-hydrogen) atoms. The lowest BCUT2D eigenvalue weighted by atomic mass is 10.1. The number of carbonyl (C=O) groups excluding carboxylic acids is 1. The maximum absolute atomic E-state index is 10.5. The van der Waals surface area contributed by atoms with E-state index in [1.54, 1.807) is 0 Å². The fourth-order valence-electron chi connectivity index (χ4n) is 1.75. The Hall–Kier alpha value is -1.39. The molecule has 1 N–H and O–H groups in total. The zero-order valence-corrected chi connectivity index (χ0v) is 11.4. The number of carbonyl (C=O) groups is 1. The molecule has 0 aliphatic carbocycles. The Morgan fingerprint density at radius 1 is 1.21 bits per heavy atom. The zero-order valence-electron chi connectivity index (χ0n) is 11.4. The van der Waals surface area contributed by atoms with Crippen molar-refractivity contribution in [2.75, 3.05) is 13.2 Å². The topological polar surface area (TPSA) is 55.8 Å². The third kappa shape index (κ3) is 8.35. The molecule has 0 spiro atoms. The van der Waals surface area contributed by atoms with E-state index in [1.807, 2.05) is 18.2 Å². The number of aliphatic hydroxyl groups excluding tert-OH is 1. The van der Waals surface area contributed by atoms with Gasteiger partial charge in [-0.05, 0) is 31.2 Å². The van der Waals surface area contributed by atoms with Gasteiger partial charge in [-0.1, -0.05) is 30.3 Å². The second-order valence-corrected chi connectivity index (χ2v) is 4.40. The standard InChI is InChI=1S/C15H22O4/c1-13(16)18-11-12-19-15(17)10-6-5-9-14-7-3-2-4-8-14/h2-4,7-8,15,17H,5-6,9-12H2,1H3. The van der Waals surface area contributed by atoms with Crippen molar-refractivity contribution in [2.45, 2.75) is 38.9 Å². The van der Waals surface area contributed by atoms with Gasteiger partial charge in [0, 0.05) is 6.92 Å². The molecule has 4 nitrogen and oxygen atoms in total. The molecular weight excluding hydrogens is 244 g/mol. The molecule has 4 heteroatoms. The molecule has 1 aromatic rings. The molecule has 0 saturated heterocycles. The number of hydrogen-bond acceptors (Lipinski definition) is 4. The fraction of sp³-hybridized carbons (Fsp3) is 0.533. The molecule has 0 aliphatic rings. The van der Waals surface area contributed by atoms with Gasteiger partial charge in [0.05, 0.1) is 6.61 Å². The molecule has 0 bridgehead atoms. The van der Waals surface area contributed by atoms with Gasteiger partial charge in [-0.3, -0.25) is 4.79 Å². The average Bonchev–Trinajstić information content (AvgIpc) is 2.41. The first kappa shape index (κ1) is 15.7. The van der Waals surface area contributed by atoms with Crippen molar-refractivity contribution >= 4 is 5.97 Å². The minimum Gasteiger partial charge on any atom is -0.463 e. The number of hydrogen-bond donors (Lipinski definition) is 1. The summed E-state index contributed by atoms with van der Waals surface area (Å²) in [5, 5.41) is 9.55. The maximum atomic E-state index is 10.5. The average molecular weight is 266 g/mol. The van der Waals surface area contributed by atoms with Gasteiger partial charge in [0.25, 0.3) is 0 Å². The number of aryl methyl sites for hydroxylation is 1. The van der Waals surface area contributed by atoms with Crippen LogP contribution in [0.2, 0.25) is 0 Å². The first-order valence-electron chi connectivity index (χ1n) is 6.65. The Bertz CT molecular complexity index is 350. The van der Waals surface area contributed by atoms with Crippen molar-refractivity contribution in [3.63, 3.8) is 0 Å². The second-order valence-electron chi connectivity index (χ2n) is 4.40. The van der Waals surface area contributed by atoms with Crippen LogP contribution in [0.1, 0.15) is 31.7 Å². The maximum Gasteiger partial charge on any atom is 0.302 e. The lowest BCUT2D eigenvalue weighted by Gasteiger charge is -2.11. The Balaban J connectivity index is 1.98. The molecule has 1 aromatic carbocycles. The summed E-state index contributed by atoms with van der Waals surface area (Å²) in [5.41, 5.74) is 1.31. The van der Waals surface area contributed by atoms with Gasteiger partial charge < -0.3 is 14.6 Å². The van der Waals surface area contributed by atoms with Crippen LogP contribution in [0.25, 0.3) is 0 Å². The summed E-state index contributed by atoms with van der Waals surface area (Å²) in [4.78, 5) is 10.5. The van der Waals surface area contributed by atoms with Gasteiger partial charge in [-0.15, -0.1) is 0 Å². The molecule has 106 valence electrons. The highest BCUT2D eigenvalue weighted by Crippen LogP contribution is 2.08. The molecule has 0 fully saturated rings. The highest BCUT2D eigenvalue weighted by atomic mass is 16.6. The summed E-state index contributed by atoms with van der Waals surface area (Å²) in [6.07, 6.45) is 2.78. The Labute approximate surface area is 114 Å².